The number of amides is 2. The Morgan fingerprint density at radius 3 is 2.30 bits per heavy atom. The largest absolute Gasteiger partial charge is 0.340 e. The van der Waals surface area contributed by atoms with Gasteiger partial charge in [0.15, 0.2) is 0 Å². The van der Waals surface area contributed by atoms with Crippen LogP contribution >= 0.6 is 0 Å². The van der Waals surface area contributed by atoms with Gasteiger partial charge in [-0.1, -0.05) is 36.4 Å². The predicted molar refractivity (Wildman–Crippen MR) is 76.0 cm³/mol. The van der Waals surface area contributed by atoms with Crippen molar-refractivity contribution >= 4 is 28.5 Å². The fourth-order valence-corrected chi connectivity index (χ4v) is 2.62. The molecule has 1 aliphatic heterocycles. The van der Waals surface area contributed by atoms with E-state index in [9.17, 15) is 9.59 Å². The maximum Gasteiger partial charge on any atom is 0.340 e. The molecule has 2 aromatic carbocycles. The van der Waals surface area contributed by atoms with Crippen LogP contribution in [0.4, 0.5) is 10.5 Å². The van der Waals surface area contributed by atoms with Gasteiger partial charge in [-0.2, -0.15) is 0 Å². The van der Waals surface area contributed by atoms with Crippen molar-refractivity contribution in [1.29, 1.82) is 0 Å². The van der Waals surface area contributed by atoms with Gasteiger partial charge in [-0.05, 0) is 24.3 Å². The highest BCUT2D eigenvalue weighted by atomic mass is 16.2. The number of benzene rings is 2. The number of carbonyl (C=O) groups is 2. The molecule has 0 bridgehead atoms. The molecule has 3 aromatic rings. The SMILES string of the molecule is O=C1c2cc3ccccc3n2C(=O)N1c1ccccc1. The monoisotopic (exact) mass is 262 g/mol. The first kappa shape index (κ1) is 11.0. The maximum atomic E-state index is 12.6. The molecule has 0 aliphatic carbocycles. The van der Waals surface area contributed by atoms with Gasteiger partial charge in [0.1, 0.15) is 5.69 Å². The van der Waals surface area contributed by atoms with E-state index < -0.39 is 0 Å². The van der Waals surface area contributed by atoms with Gasteiger partial charge in [-0.25, -0.2) is 9.69 Å². The van der Waals surface area contributed by atoms with Gasteiger partial charge in [0.05, 0.1) is 11.2 Å². The number of carbonyl (C=O) groups excluding carboxylic acids is 2. The van der Waals surface area contributed by atoms with Crippen molar-refractivity contribution in [1.82, 2.24) is 4.57 Å². The van der Waals surface area contributed by atoms with E-state index in [0.29, 0.717) is 11.4 Å². The normalized spacial score (nSPS) is 14.1. The predicted octanol–water partition coefficient (Wildman–Crippen LogP) is 3.27. The van der Waals surface area contributed by atoms with Crippen molar-refractivity contribution in [2.45, 2.75) is 0 Å². The third-order valence-electron chi connectivity index (χ3n) is 3.53. The molecule has 1 aromatic heterocycles. The lowest BCUT2D eigenvalue weighted by Crippen LogP contribution is -2.30. The number of nitrogens with zero attached hydrogens (tertiary/aromatic N) is 2. The molecule has 96 valence electrons. The summed E-state index contributed by atoms with van der Waals surface area (Å²) in [7, 11) is 0. The molecule has 0 unspecified atom stereocenters. The average Bonchev–Trinajstić information content (AvgIpc) is 2.97. The Kier molecular flexibility index (Phi) is 2.09. The lowest BCUT2D eigenvalue weighted by Gasteiger charge is -2.13. The molecule has 4 nitrogen and oxygen atoms in total. The molecule has 0 atom stereocenters. The second-order valence-electron chi connectivity index (χ2n) is 4.68. The fraction of sp³-hybridized carbons (Fsp3) is 0. The van der Waals surface area contributed by atoms with Crippen molar-refractivity contribution in [3.63, 3.8) is 0 Å². The molecule has 0 saturated heterocycles. The Labute approximate surface area is 114 Å². The van der Waals surface area contributed by atoms with Crippen LogP contribution in [-0.4, -0.2) is 16.5 Å². The van der Waals surface area contributed by atoms with E-state index in [0.717, 1.165) is 10.9 Å². The first-order valence-electron chi connectivity index (χ1n) is 6.32. The van der Waals surface area contributed by atoms with E-state index in [2.05, 4.69) is 0 Å². The van der Waals surface area contributed by atoms with Gasteiger partial charge in [0.25, 0.3) is 5.91 Å². The molecule has 0 saturated carbocycles. The summed E-state index contributed by atoms with van der Waals surface area (Å²) in [4.78, 5) is 26.2. The summed E-state index contributed by atoms with van der Waals surface area (Å²) in [6.07, 6.45) is 0. The number of imide groups is 1. The number of rotatable bonds is 1. The van der Waals surface area contributed by atoms with Crippen LogP contribution in [0.5, 0.6) is 0 Å². The minimum absolute atomic E-state index is 0.280. The van der Waals surface area contributed by atoms with Crippen molar-refractivity contribution in [3.8, 4) is 0 Å². The zero-order valence-electron chi connectivity index (χ0n) is 10.5. The quantitative estimate of drug-likeness (QED) is 0.675. The second-order valence-corrected chi connectivity index (χ2v) is 4.68. The molecule has 0 N–H and O–H groups in total. The van der Waals surface area contributed by atoms with Crippen LogP contribution in [0.25, 0.3) is 10.9 Å². The van der Waals surface area contributed by atoms with Crippen molar-refractivity contribution < 1.29 is 9.59 Å². The molecule has 0 radical (unpaired) electrons. The summed E-state index contributed by atoms with van der Waals surface area (Å²) in [6.45, 7) is 0. The molecule has 2 amide bonds. The summed E-state index contributed by atoms with van der Waals surface area (Å²) >= 11 is 0. The van der Waals surface area contributed by atoms with Crippen molar-refractivity contribution in [2.75, 3.05) is 4.90 Å². The highest BCUT2D eigenvalue weighted by Gasteiger charge is 2.37. The second kappa shape index (κ2) is 3.81. The minimum Gasteiger partial charge on any atom is -0.266 e. The number of aromatic nitrogens is 1. The molecular weight excluding hydrogens is 252 g/mol. The van der Waals surface area contributed by atoms with Crippen LogP contribution in [0.2, 0.25) is 0 Å². The summed E-state index contributed by atoms with van der Waals surface area (Å²) in [5.74, 6) is -0.280. The van der Waals surface area contributed by atoms with Gasteiger partial charge in [0, 0.05) is 5.39 Å². The number of para-hydroxylation sites is 2. The van der Waals surface area contributed by atoms with Crippen LogP contribution < -0.4 is 4.90 Å². The summed E-state index contributed by atoms with van der Waals surface area (Å²) in [5, 5.41) is 0.900. The van der Waals surface area contributed by atoms with Gasteiger partial charge < -0.3 is 0 Å². The van der Waals surface area contributed by atoms with Crippen LogP contribution in [0.1, 0.15) is 10.5 Å². The Morgan fingerprint density at radius 2 is 1.50 bits per heavy atom. The van der Waals surface area contributed by atoms with E-state index in [1.165, 1.54) is 9.47 Å². The third-order valence-corrected chi connectivity index (χ3v) is 3.53. The number of hydrogen-bond donors (Lipinski definition) is 0. The molecule has 20 heavy (non-hydrogen) atoms. The highest BCUT2D eigenvalue weighted by molar-refractivity contribution is 6.29. The fourth-order valence-electron chi connectivity index (χ4n) is 2.62. The van der Waals surface area contributed by atoms with Crippen LogP contribution in [-0.2, 0) is 0 Å². The summed E-state index contributed by atoms with van der Waals surface area (Å²) < 4.78 is 1.48. The molecule has 4 rings (SSSR count). The maximum absolute atomic E-state index is 12.6. The van der Waals surface area contributed by atoms with Gasteiger partial charge in [-0.15, -0.1) is 0 Å². The van der Waals surface area contributed by atoms with Gasteiger partial charge in [0.2, 0.25) is 0 Å². The summed E-state index contributed by atoms with van der Waals surface area (Å²) in [6, 6.07) is 17.9. The third kappa shape index (κ3) is 1.30. The molecule has 2 heterocycles. The van der Waals surface area contributed by atoms with Crippen LogP contribution in [0.15, 0.2) is 60.7 Å². The Bertz CT molecular complexity index is 849. The first-order chi connectivity index (χ1) is 9.77. The lowest BCUT2D eigenvalue weighted by molar-refractivity contribution is 0.100. The van der Waals surface area contributed by atoms with E-state index in [1.807, 2.05) is 42.5 Å². The standard InChI is InChI=1S/C16H10N2O2/c19-15-14-10-11-6-4-5-9-13(11)18(14)16(20)17(15)12-7-2-1-3-8-12/h1-10H. The topological polar surface area (TPSA) is 42.3 Å². The van der Waals surface area contributed by atoms with Crippen LogP contribution in [0, 0.1) is 0 Å². The van der Waals surface area contributed by atoms with Crippen LogP contribution in [0.3, 0.4) is 0 Å². The Hall–Kier alpha value is -2.88. The van der Waals surface area contributed by atoms with Gasteiger partial charge >= 0.3 is 6.03 Å². The van der Waals surface area contributed by atoms with Crippen molar-refractivity contribution in [2.24, 2.45) is 0 Å². The molecule has 0 fully saturated rings. The molecule has 4 heteroatoms. The minimum atomic E-state index is -0.322. The van der Waals surface area contributed by atoms with Crippen molar-refractivity contribution in [3.05, 3.63) is 66.4 Å². The zero-order chi connectivity index (χ0) is 13.7. The van der Waals surface area contributed by atoms with Gasteiger partial charge in [-0.3, -0.25) is 9.36 Å². The van der Waals surface area contributed by atoms with E-state index >= 15 is 0 Å². The lowest BCUT2D eigenvalue weighted by atomic mass is 10.2. The number of fused-ring (bicyclic) bond motifs is 3. The number of hydrogen-bond acceptors (Lipinski definition) is 2. The zero-order valence-corrected chi connectivity index (χ0v) is 10.5. The molecular formula is C16H10N2O2. The van der Waals surface area contributed by atoms with E-state index in [1.54, 1.807) is 18.2 Å². The molecule has 0 spiro atoms. The Balaban J connectivity index is 1.93. The number of anilines is 1. The Morgan fingerprint density at radius 1 is 0.800 bits per heavy atom. The molecule has 1 aliphatic rings. The van der Waals surface area contributed by atoms with E-state index in [4.69, 9.17) is 0 Å². The highest BCUT2D eigenvalue weighted by Crippen LogP contribution is 2.29. The van der Waals surface area contributed by atoms with E-state index in [-0.39, 0.29) is 11.9 Å². The summed E-state index contributed by atoms with van der Waals surface area (Å²) in [5.41, 5.74) is 1.77. The smallest absolute Gasteiger partial charge is 0.266 e. The first-order valence-corrected chi connectivity index (χ1v) is 6.32. The average molecular weight is 262 g/mol.